The number of anilines is 1. The number of hydrogen-bond acceptors (Lipinski definition) is 7. The zero-order chi connectivity index (χ0) is 25.2. The van der Waals surface area contributed by atoms with E-state index in [-0.39, 0.29) is 0 Å². The summed E-state index contributed by atoms with van der Waals surface area (Å²) in [7, 11) is 0. The fourth-order valence-electron chi connectivity index (χ4n) is 4.31. The summed E-state index contributed by atoms with van der Waals surface area (Å²) in [5.74, 6) is -0.942. The van der Waals surface area contributed by atoms with Gasteiger partial charge in [-0.25, -0.2) is 9.78 Å². The molecule has 1 N–H and O–H groups in total. The van der Waals surface area contributed by atoms with Gasteiger partial charge in [0, 0.05) is 51.6 Å². The van der Waals surface area contributed by atoms with Crippen LogP contribution in [0.4, 0.5) is 5.13 Å². The summed E-state index contributed by atoms with van der Waals surface area (Å²) in [6, 6.07) is 15.4. The summed E-state index contributed by atoms with van der Waals surface area (Å²) in [4.78, 5) is 37.9. The summed E-state index contributed by atoms with van der Waals surface area (Å²) < 4.78 is 6.68. The first kappa shape index (κ1) is 24.5. The molecule has 0 fully saturated rings. The maximum atomic E-state index is 13.4. The number of carbonyl (C=O) groups is 2. The lowest BCUT2D eigenvalue weighted by Gasteiger charge is -2.29. The molecule has 3 heterocycles. The van der Waals surface area contributed by atoms with Crippen LogP contribution < -0.4 is 5.32 Å². The molecule has 5 rings (SSSR count). The first-order valence-corrected chi connectivity index (χ1v) is 13.5. The lowest BCUT2D eigenvalue weighted by Crippen LogP contribution is -2.34. The van der Waals surface area contributed by atoms with Gasteiger partial charge in [-0.3, -0.25) is 20.0 Å². The number of thiazole rings is 1. The minimum atomic E-state index is -0.994. The number of esters is 1. The maximum absolute atomic E-state index is 13.4. The number of nitrogens with zero attached hydrogens (tertiary/aromatic N) is 3. The van der Waals surface area contributed by atoms with Gasteiger partial charge in [0.2, 0.25) is 0 Å². The second-order valence-electron chi connectivity index (χ2n) is 8.63. The van der Waals surface area contributed by atoms with Gasteiger partial charge in [-0.05, 0) is 31.7 Å². The average molecular weight is 565 g/mol. The Labute approximate surface area is 221 Å². The number of para-hydroxylation sites is 1. The molecular weight excluding hydrogens is 540 g/mol. The van der Waals surface area contributed by atoms with Crippen LogP contribution in [0.2, 0.25) is 0 Å². The van der Waals surface area contributed by atoms with Gasteiger partial charge in [0.05, 0.1) is 16.8 Å². The van der Waals surface area contributed by atoms with Gasteiger partial charge in [-0.1, -0.05) is 53.2 Å². The molecule has 7 nitrogen and oxygen atoms in total. The van der Waals surface area contributed by atoms with Crippen LogP contribution in [0.25, 0.3) is 22.2 Å². The first-order chi connectivity index (χ1) is 17.4. The van der Waals surface area contributed by atoms with Gasteiger partial charge in [-0.2, -0.15) is 0 Å². The molecule has 9 heteroatoms. The van der Waals surface area contributed by atoms with Crippen molar-refractivity contribution in [3.63, 3.8) is 0 Å². The molecule has 0 radical (unpaired) electrons. The van der Waals surface area contributed by atoms with Gasteiger partial charge in [0.1, 0.15) is 0 Å². The van der Waals surface area contributed by atoms with Gasteiger partial charge in [0.25, 0.3) is 5.91 Å². The minimum Gasteiger partial charge on any atom is -0.449 e. The Hall–Kier alpha value is -3.14. The standard InChI is InChI=1S/C27H25BrN4O3S/c1-3-32-13-12-22-20(14-32)24(19-6-4-5-7-21(19)29-22)26(34)35-16(2)25(33)31-27-30-23(15-36-27)17-8-10-18(28)11-9-17/h4-11,15-16H,3,12-14H2,1-2H3,(H,30,31,33). The Morgan fingerprint density at radius 3 is 2.72 bits per heavy atom. The third-order valence-corrected chi connectivity index (χ3v) is 7.59. The van der Waals surface area contributed by atoms with Gasteiger partial charge in [0.15, 0.2) is 11.2 Å². The number of benzene rings is 2. The van der Waals surface area contributed by atoms with Crippen LogP contribution in [0.15, 0.2) is 58.4 Å². The highest BCUT2D eigenvalue weighted by atomic mass is 79.9. The average Bonchev–Trinajstić information content (AvgIpc) is 3.35. The Balaban J connectivity index is 1.34. The lowest BCUT2D eigenvalue weighted by atomic mass is 9.95. The molecule has 1 atom stereocenters. The Morgan fingerprint density at radius 2 is 1.94 bits per heavy atom. The van der Waals surface area contributed by atoms with Crippen LogP contribution in [-0.4, -0.2) is 45.9 Å². The van der Waals surface area contributed by atoms with Crippen LogP contribution in [0.3, 0.4) is 0 Å². The van der Waals surface area contributed by atoms with E-state index in [0.717, 1.165) is 57.4 Å². The molecule has 184 valence electrons. The van der Waals surface area contributed by atoms with Gasteiger partial charge < -0.3 is 4.74 Å². The molecule has 2 aromatic heterocycles. The highest BCUT2D eigenvalue weighted by Crippen LogP contribution is 2.30. The monoisotopic (exact) mass is 564 g/mol. The van der Waals surface area contributed by atoms with Crippen LogP contribution >= 0.6 is 27.3 Å². The number of carbonyl (C=O) groups excluding carboxylic acids is 2. The van der Waals surface area contributed by atoms with Crippen LogP contribution in [0, 0.1) is 0 Å². The molecule has 1 amide bonds. The quantitative estimate of drug-likeness (QED) is 0.303. The van der Waals surface area contributed by atoms with Crippen LogP contribution in [0.5, 0.6) is 0 Å². The highest BCUT2D eigenvalue weighted by Gasteiger charge is 2.28. The second-order valence-corrected chi connectivity index (χ2v) is 10.4. The lowest BCUT2D eigenvalue weighted by molar-refractivity contribution is -0.123. The second kappa shape index (κ2) is 10.5. The first-order valence-electron chi connectivity index (χ1n) is 11.8. The van der Waals surface area contributed by atoms with Crippen molar-refractivity contribution >= 4 is 55.2 Å². The molecule has 1 aliphatic heterocycles. The number of pyridine rings is 1. The van der Waals surface area contributed by atoms with E-state index >= 15 is 0 Å². The Bertz CT molecular complexity index is 1440. The number of halogens is 1. The fourth-order valence-corrected chi connectivity index (χ4v) is 5.30. The molecule has 0 spiro atoms. The van der Waals surface area contributed by atoms with E-state index in [4.69, 9.17) is 9.72 Å². The maximum Gasteiger partial charge on any atom is 0.339 e. The number of nitrogens with one attached hydrogen (secondary N) is 1. The normalized spacial score (nSPS) is 14.3. The number of hydrogen-bond donors (Lipinski definition) is 1. The Morgan fingerprint density at radius 1 is 1.17 bits per heavy atom. The SMILES string of the molecule is CCN1CCc2nc3ccccc3c(C(=O)OC(C)C(=O)Nc3nc(-c4ccc(Br)cc4)cs3)c2C1. The molecule has 0 saturated carbocycles. The summed E-state index contributed by atoms with van der Waals surface area (Å²) >= 11 is 4.75. The van der Waals surface area contributed by atoms with Gasteiger partial charge >= 0.3 is 5.97 Å². The van der Waals surface area contributed by atoms with E-state index in [1.165, 1.54) is 11.3 Å². The highest BCUT2D eigenvalue weighted by molar-refractivity contribution is 9.10. The third-order valence-electron chi connectivity index (χ3n) is 6.30. The van der Waals surface area contributed by atoms with E-state index in [0.29, 0.717) is 17.2 Å². The van der Waals surface area contributed by atoms with E-state index in [1.54, 1.807) is 6.92 Å². The van der Waals surface area contributed by atoms with Crippen LogP contribution in [-0.2, 0) is 22.5 Å². The van der Waals surface area contributed by atoms with Gasteiger partial charge in [-0.15, -0.1) is 11.3 Å². The summed E-state index contributed by atoms with van der Waals surface area (Å²) in [6.07, 6.45) is -0.222. The smallest absolute Gasteiger partial charge is 0.339 e. The summed E-state index contributed by atoms with van der Waals surface area (Å²) in [5.41, 5.74) is 4.78. The molecule has 4 aromatic rings. The fraction of sp³-hybridized carbons (Fsp3) is 0.259. The van der Waals surface area contributed by atoms with Crippen molar-refractivity contribution in [2.45, 2.75) is 32.9 Å². The number of fused-ring (bicyclic) bond motifs is 2. The molecule has 2 aromatic carbocycles. The van der Waals surface area contributed by atoms with Crippen molar-refractivity contribution in [3.05, 3.63) is 75.2 Å². The molecule has 36 heavy (non-hydrogen) atoms. The number of amides is 1. The predicted molar refractivity (Wildman–Crippen MR) is 145 cm³/mol. The molecule has 0 saturated heterocycles. The van der Waals surface area contributed by atoms with Crippen molar-refractivity contribution in [2.24, 2.45) is 0 Å². The molecular formula is C27H25BrN4O3S. The summed E-state index contributed by atoms with van der Waals surface area (Å²) in [6.45, 7) is 6.09. The summed E-state index contributed by atoms with van der Waals surface area (Å²) in [5, 5.41) is 5.85. The van der Waals surface area contributed by atoms with E-state index in [9.17, 15) is 9.59 Å². The number of aromatic nitrogens is 2. The zero-order valence-electron chi connectivity index (χ0n) is 20.0. The third kappa shape index (κ3) is 5.04. The van der Waals surface area contributed by atoms with Crippen molar-refractivity contribution in [3.8, 4) is 11.3 Å². The minimum absolute atomic E-state index is 0.428. The number of rotatable bonds is 6. The van der Waals surface area contributed by atoms with Crippen LogP contribution in [0.1, 0.15) is 35.5 Å². The van der Waals surface area contributed by atoms with E-state index in [1.807, 2.05) is 53.9 Å². The molecule has 1 unspecified atom stereocenters. The topological polar surface area (TPSA) is 84.4 Å². The van der Waals surface area contributed by atoms with Crippen molar-refractivity contribution in [1.82, 2.24) is 14.9 Å². The van der Waals surface area contributed by atoms with Crippen molar-refractivity contribution < 1.29 is 14.3 Å². The largest absolute Gasteiger partial charge is 0.449 e. The van der Waals surface area contributed by atoms with Crippen molar-refractivity contribution in [2.75, 3.05) is 18.4 Å². The molecule has 0 aliphatic carbocycles. The molecule has 0 bridgehead atoms. The number of ether oxygens (including phenoxy) is 1. The number of likely N-dealkylation sites (N-methyl/N-ethyl adjacent to an activating group) is 1. The predicted octanol–water partition coefficient (Wildman–Crippen LogP) is 5.68. The van der Waals surface area contributed by atoms with E-state index < -0.39 is 18.0 Å². The van der Waals surface area contributed by atoms with Crippen molar-refractivity contribution in [1.29, 1.82) is 0 Å². The zero-order valence-corrected chi connectivity index (χ0v) is 22.4. The van der Waals surface area contributed by atoms with E-state index in [2.05, 4.69) is 38.1 Å². The Kier molecular flexibility index (Phi) is 7.13. The molecule has 1 aliphatic rings.